The second-order valence-electron chi connectivity index (χ2n) is 2.06. The van der Waals surface area contributed by atoms with Gasteiger partial charge in [0.05, 0.1) is 0 Å². The van der Waals surface area contributed by atoms with Gasteiger partial charge in [-0.2, -0.15) is 0 Å². The van der Waals surface area contributed by atoms with Crippen LogP contribution in [-0.4, -0.2) is 25.8 Å². The molecule has 3 nitrogen and oxygen atoms in total. The van der Waals surface area contributed by atoms with Crippen LogP contribution in [0, 0.1) is 6.42 Å². The van der Waals surface area contributed by atoms with Gasteiger partial charge in [0.1, 0.15) is 0 Å². The number of rotatable bonds is 1. The van der Waals surface area contributed by atoms with Crippen molar-refractivity contribution in [2.45, 2.75) is 12.8 Å². The Hall–Kier alpha value is -0.0900. The molecule has 1 aliphatic heterocycles. The van der Waals surface area contributed by atoms with Gasteiger partial charge in [0.15, 0.2) is 0 Å². The molecule has 0 aromatic heterocycles. The number of thiol groups is 1. The van der Waals surface area contributed by atoms with E-state index in [4.69, 9.17) is 0 Å². The van der Waals surface area contributed by atoms with E-state index in [0.717, 1.165) is 12.8 Å². The summed E-state index contributed by atoms with van der Waals surface area (Å²) in [5.74, 6) is 0. The van der Waals surface area contributed by atoms with E-state index >= 15 is 0 Å². The Kier molecular flexibility index (Phi) is 2.48. The summed E-state index contributed by atoms with van der Waals surface area (Å²) in [6.07, 6.45) is 3.93. The third-order valence-corrected chi connectivity index (χ3v) is 2.28. The third kappa shape index (κ3) is 1.95. The molecule has 0 N–H and O–H groups in total. The Morgan fingerprint density at radius 3 is 2.11 bits per heavy atom. The highest BCUT2D eigenvalue weighted by Crippen LogP contribution is 2.06. The second-order valence-corrected chi connectivity index (χ2v) is 3.10. The van der Waals surface area contributed by atoms with Crippen LogP contribution in [0.5, 0.6) is 0 Å². The molecule has 0 atom stereocenters. The van der Waals surface area contributed by atoms with Gasteiger partial charge in [-0.1, -0.05) is 0 Å². The summed E-state index contributed by atoms with van der Waals surface area (Å²) in [4.78, 5) is 0. The molecule has 0 unspecified atom stereocenters. The highest BCUT2D eigenvalue weighted by Gasteiger charge is 2.10. The maximum absolute atomic E-state index is 10.3. The van der Waals surface area contributed by atoms with Crippen molar-refractivity contribution in [3.05, 3.63) is 6.42 Å². The van der Waals surface area contributed by atoms with Crippen LogP contribution in [0.1, 0.15) is 12.8 Å². The first-order chi connectivity index (χ1) is 4.30. The van der Waals surface area contributed by atoms with Gasteiger partial charge in [-0.25, -0.2) is 12.7 Å². The number of nitrogens with zero attached hydrogens (tertiary/aromatic N) is 1. The zero-order valence-electron chi connectivity index (χ0n) is 5.12. The molecule has 0 saturated carbocycles. The minimum absolute atomic E-state index is 0.679. The van der Waals surface area contributed by atoms with E-state index in [-0.39, 0.29) is 0 Å². The Bertz CT molecular complexity index is 141. The first-order valence-corrected chi connectivity index (χ1v) is 4.14. The summed E-state index contributed by atoms with van der Waals surface area (Å²) in [5.41, 5.74) is 0. The van der Waals surface area contributed by atoms with E-state index in [1.165, 1.54) is 4.31 Å². The summed E-state index contributed by atoms with van der Waals surface area (Å²) < 4.78 is 22.1. The van der Waals surface area contributed by atoms with Gasteiger partial charge in [-0.3, -0.25) is 0 Å². The predicted octanol–water partition coefficient (Wildman–Crippen LogP) is -0.187. The van der Waals surface area contributed by atoms with Gasteiger partial charge in [-0.15, -0.1) is 0 Å². The van der Waals surface area contributed by atoms with E-state index < -0.39 is 10.9 Å². The van der Waals surface area contributed by atoms with Crippen molar-refractivity contribution in [3.63, 3.8) is 0 Å². The quantitative estimate of drug-likeness (QED) is 0.523. The molecule has 1 heterocycles. The van der Waals surface area contributed by atoms with Crippen molar-refractivity contribution < 1.29 is 8.42 Å². The van der Waals surface area contributed by atoms with Crippen LogP contribution in [0.25, 0.3) is 0 Å². The molecule has 0 bridgehead atoms. The Morgan fingerprint density at radius 1 is 1.22 bits per heavy atom. The van der Waals surface area contributed by atoms with Crippen LogP contribution < -0.4 is 0 Å². The lowest BCUT2D eigenvalue weighted by Crippen LogP contribution is -2.28. The second kappa shape index (κ2) is 3.17. The first-order valence-electron chi connectivity index (χ1n) is 3.01. The van der Waals surface area contributed by atoms with E-state index in [0.29, 0.717) is 13.1 Å². The highest BCUT2D eigenvalue weighted by atomic mass is 32.2. The predicted molar refractivity (Wildman–Crippen MR) is 35.4 cm³/mol. The lowest BCUT2D eigenvalue weighted by Gasteiger charge is -2.18. The van der Waals surface area contributed by atoms with Gasteiger partial charge in [-0.05, 0) is 19.3 Å². The Balaban J connectivity index is 2.40. The highest BCUT2D eigenvalue weighted by molar-refractivity contribution is 7.69. The lowest BCUT2D eigenvalue weighted by atomic mass is 10.2. The third-order valence-electron chi connectivity index (χ3n) is 1.41. The van der Waals surface area contributed by atoms with Crippen LogP contribution >= 0.6 is 0 Å². The Labute approximate surface area is 56.7 Å². The molecule has 9 heavy (non-hydrogen) atoms. The largest absolute Gasteiger partial charge is 0.215 e. The van der Waals surface area contributed by atoms with Crippen LogP contribution in [0.3, 0.4) is 0 Å². The summed E-state index contributed by atoms with van der Waals surface area (Å²) >= 11 is 0. The Morgan fingerprint density at radius 2 is 1.78 bits per heavy atom. The van der Waals surface area contributed by atoms with Crippen LogP contribution in [0.2, 0.25) is 0 Å². The molecule has 1 aliphatic rings. The molecular weight excluding hydrogens is 138 g/mol. The van der Waals surface area contributed by atoms with Crippen LogP contribution in [0.15, 0.2) is 0 Å². The molecule has 1 fully saturated rings. The van der Waals surface area contributed by atoms with Gasteiger partial charge in [0.25, 0.3) is 0 Å². The van der Waals surface area contributed by atoms with Crippen molar-refractivity contribution in [3.8, 4) is 0 Å². The molecule has 0 aromatic carbocycles. The minimum atomic E-state index is -2.31. The molecule has 1 rings (SSSR count). The molecule has 0 amide bonds. The van der Waals surface area contributed by atoms with Crippen molar-refractivity contribution in [2.24, 2.45) is 0 Å². The van der Waals surface area contributed by atoms with E-state index in [1.54, 1.807) is 0 Å². The summed E-state index contributed by atoms with van der Waals surface area (Å²) in [6, 6.07) is 0. The topological polar surface area (TPSA) is 37.4 Å². The summed E-state index contributed by atoms with van der Waals surface area (Å²) in [7, 11) is -2.31. The number of piperidine rings is 1. The number of hydrogen-bond acceptors (Lipinski definition) is 2. The molecule has 53 valence electrons. The smallest absolute Gasteiger partial charge is 0.203 e. The van der Waals surface area contributed by atoms with Gasteiger partial charge < -0.3 is 0 Å². The molecule has 0 aromatic rings. The van der Waals surface area contributed by atoms with Crippen molar-refractivity contribution >= 4 is 10.9 Å². The number of hydrogen-bond donors (Lipinski definition) is 1. The van der Waals surface area contributed by atoms with Gasteiger partial charge in [0, 0.05) is 13.1 Å². The lowest BCUT2D eigenvalue weighted by molar-refractivity contribution is 0.396. The first kappa shape index (κ1) is 7.02. The van der Waals surface area contributed by atoms with E-state index in [2.05, 4.69) is 6.42 Å². The van der Waals surface area contributed by atoms with Crippen molar-refractivity contribution in [2.75, 3.05) is 13.1 Å². The molecule has 0 aliphatic carbocycles. The standard InChI is InChI=1S/C5H10NO2S/c7-9(8)6-4-2-1-3-5-6/h1,9H,2-5H2. The maximum Gasteiger partial charge on any atom is 0.203 e. The normalized spacial score (nSPS) is 22.8. The average molecular weight is 148 g/mol. The van der Waals surface area contributed by atoms with Crippen LogP contribution in [-0.2, 0) is 10.9 Å². The average Bonchev–Trinajstić information content (AvgIpc) is 1.90. The monoisotopic (exact) mass is 148 g/mol. The van der Waals surface area contributed by atoms with Gasteiger partial charge >= 0.3 is 0 Å². The molecule has 0 spiro atoms. The zero-order chi connectivity index (χ0) is 6.69. The van der Waals surface area contributed by atoms with Crippen LogP contribution in [0.4, 0.5) is 0 Å². The molecule has 1 radical (unpaired) electrons. The fraction of sp³-hybridized carbons (Fsp3) is 0.800. The molecule has 4 heteroatoms. The minimum Gasteiger partial charge on any atom is -0.215 e. The summed E-state index contributed by atoms with van der Waals surface area (Å²) in [5, 5.41) is 0. The SMILES string of the molecule is O=[SH](=O)N1CC[CH]CC1. The van der Waals surface area contributed by atoms with Gasteiger partial charge in [0.2, 0.25) is 10.9 Å². The van der Waals surface area contributed by atoms with E-state index in [9.17, 15) is 8.42 Å². The fourth-order valence-electron chi connectivity index (χ4n) is 0.900. The fourth-order valence-corrected chi connectivity index (χ4v) is 1.46. The zero-order valence-corrected chi connectivity index (χ0v) is 6.01. The van der Waals surface area contributed by atoms with Crippen molar-refractivity contribution in [1.29, 1.82) is 0 Å². The molecular formula is C5H10NO2S. The van der Waals surface area contributed by atoms with Crippen molar-refractivity contribution in [1.82, 2.24) is 4.31 Å². The maximum atomic E-state index is 10.3. The molecule has 1 saturated heterocycles. The van der Waals surface area contributed by atoms with E-state index in [1.807, 2.05) is 0 Å². The summed E-state index contributed by atoms with van der Waals surface area (Å²) in [6.45, 7) is 1.36.